The summed E-state index contributed by atoms with van der Waals surface area (Å²) < 4.78 is 3.57. The van der Waals surface area contributed by atoms with Gasteiger partial charge < -0.3 is 0 Å². The molecule has 1 amide bonds. The van der Waals surface area contributed by atoms with E-state index in [0.29, 0.717) is 16.0 Å². The lowest BCUT2D eigenvalue weighted by molar-refractivity contribution is -0.117. The molecule has 0 unspecified atom stereocenters. The van der Waals surface area contributed by atoms with Crippen LogP contribution in [0.2, 0.25) is 0 Å². The number of carbonyl (C=O) groups is 1. The Morgan fingerprint density at radius 2 is 2.13 bits per heavy atom. The zero-order chi connectivity index (χ0) is 16.7. The van der Waals surface area contributed by atoms with Crippen molar-refractivity contribution in [2.24, 2.45) is 0 Å². The third kappa shape index (κ3) is 2.93. The maximum atomic E-state index is 12.5. The predicted octanol–water partition coefficient (Wildman–Crippen LogP) is 2.11. The normalized spacial score (nSPS) is 11.1. The number of rotatable bonds is 3. The molecule has 0 saturated heterocycles. The molecule has 9 heteroatoms. The summed E-state index contributed by atoms with van der Waals surface area (Å²) in [4.78, 5) is 30.8. The van der Waals surface area contributed by atoms with Crippen LogP contribution in [0, 0.1) is 20.8 Å². The monoisotopic (exact) mass is 395 g/mol. The number of nitrogens with zero attached hydrogens (tertiary/aromatic N) is 4. The summed E-state index contributed by atoms with van der Waals surface area (Å²) in [6.07, 6.45) is 1.63. The van der Waals surface area contributed by atoms with Gasteiger partial charge in [-0.05, 0) is 42.8 Å². The summed E-state index contributed by atoms with van der Waals surface area (Å²) >= 11 is 4.81. The Morgan fingerprint density at radius 3 is 2.78 bits per heavy atom. The Bertz CT molecular complexity index is 972. The average molecular weight is 396 g/mol. The van der Waals surface area contributed by atoms with Crippen molar-refractivity contribution in [2.75, 3.05) is 5.43 Å². The number of carbonyl (C=O) groups excluding carboxylic acids is 1. The average Bonchev–Trinajstić information content (AvgIpc) is 3.00. The molecule has 3 heterocycles. The molecule has 0 aliphatic heterocycles. The molecule has 7 nitrogen and oxygen atoms in total. The molecule has 0 aromatic carbocycles. The van der Waals surface area contributed by atoms with Crippen molar-refractivity contribution in [1.82, 2.24) is 19.4 Å². The molecule has 120 valence electrons. The summed E-state index contributed by atoms with van der Waals surface area (Å²) in [6.45, 7) is 5.47. The predicted molar refractivity (Wildman–Crippen MR) is 92.4 cm³/mol. The number of amides is 1. The third-order valence-electron chi connectivity index (χ3n) is 3.43. The van der Waals surface area contributed by atoms with E-state index in [-0.39, 0.29) is 18.0 Å². The molecule has 23 heavy (non-hydrogen) atoms. The van der Waals surface area contributed by atoms with Crippen LogP contribution in [0.4, 0.5) is 0 Å². The van der Waals surface area contributed by atoms with Crippen molar-refractivity contribution in [2.45, 2.75) is 27.3 Å². The van der Waals surface area contributed by atoms with E-state index in [2.05, 4.69) is 31.4 Å². The third-order valence-corrected chi connectivity index (χ3v) is 5.15. The highest BCUT2D eigenvalue weighted by atomic mass is 79.9. The van der Waals surface area contributed by atoms with Crippen LogP contribution in [0.1, 0.15) is 16.4 Å². The fourth-order valence-corrected chi connectivity index (χ4v) is 3.43. The fraction of sp³-hybridized carbons (Fsp3) is 0.286. The molecule has 3 aromatic heterocycles. The van der Waals surface area contributed by atoms with Crippen LogP contribution < -0.4 is 11.0 Å². The minimum absolute atomic E-state index is 0.0179. The van der Waals surface area contributed by atoms with Gasteiger partial charge >= 0.3 is 0 Å². The van der Waals surface area contributed by atoms with Gasteiger partial charge in [0.25, 0.3) is 11.5 Å². The lowest BCUT2D eigenvalue weighted by atomic mass is 10.3. The van der Waals surface area contributed by atoms with E-state index in [0.717, 1.165) is 15.0 Å². The SMILES string of the molecule is Cc1cc2c(=O)n(NC(=O)Cn3ncc(Br)c3C)c(C)nc2s1. The van der Waals surface area contributed by atoms with Gasteiger partial charge in [0, 0.05) is 4.88 Å². The van der Waals surface area contributed by atoms with Gasteiger partial charge in [0.1, 0.15) is 17.2 Å². The van der Waals surface area contributed by atoms with Gasteiger partial charge in [-0.15, -0.1) is 11.3 Å². The molecule has 0 fully saturated rings. The number of fused-ring (bicyclic) bond motifs is 1. The minimum atomic E-state index is -0.345. The molecular weight excluding hydrogens is 382 g/mol. The largest absolute Gasteiger partial charge is 0.281 e. The zero-order valence-corrected chi connectivity index (χ0v) is 15.2. The molecule has 1 N–H and O–H groups in total. The topological polar surface area (TPSA) is 81.8 Å². The van der Waals surface area contributed by atoms with E-state index >= 15 is 0 Å². The summed E-state index contributed by atoms with van der Waals surface area (Å²) in [5.74, 6) is 0.0954. The minimum Gasteiger partial charge on any atom is -0.271 e. The molecule has 0 saturated carbocycles. The van der Waals surface area contributed by atoms with Crippen molar-refractivity contribution in [3.8, 4) is 0 Å². The first-order valence-corrected chi connectivity index (χ1v) is 8.45. The van der Waals surface area contributed by atoms with E-state index in [1.807, 2.05) is 13.8 Å². The lowest BCUT2D eigenvalue weighted by Crippen LogP contribution is -2.37. The van der Waals surface area contributed by atoms with Crippen LogP contribution in [0.25, 0.3) is 10.2 Å². The van der Waals surface area contributed by atoms with E-state index in [4.69, 9.17) is 0 Å². The molecule has 0 aliphatic rings. The van der Waals surface area contributed by atoms with Crippen LogP contribution >= 0.6 is 27.3 Å². The molecule has 0 bridgehead atoms. The highest BCUT2D eigenvalue weighted by molar-refractivity contribution is 9.10. The summed E-state index contributed by atoms with van der Waals surface area (Å²) in [5.41, 5.74) is 3.16. The number of aromatic nitrogens is 4. The molecule has 3 rings (SSSR count). The van der Waals surface area contributed by atoms with Crippen molar-refractivity contribution in [3.05, 3.63) is 43.5 Å². The fourth-order valence-electron chi connectivity index (χ4n) is 2.21. The van der Waals surface area contributed by atoms with E-state index in [1.165, 1.54) is 16.0 Å². The first-order chi connectivity index (χ1) is 10.9. The Morgan fingerprint density at radius 1 is 1.39 bits per heavy atom. The van der Waals surface area contributed by atoms with Crippen LogP contribution in [0.3, 0.4) is 0 Å². The molecule has 3 aromatic rings. The molecule has 0 atom stereocenters. The Kier molecular flexibility index (Phi) is 4.07. The standard InChI is InChI=1S/C14H14BrN5O2S/c1-7-4-10-13(23-7)17-9(3)20(14(10)22)18-12(21)6-19-8(2)11(15)5-16-19/h4-5H,6H2,1-3H3,(H,18,21). The number of aryl methyl sites for hydroxylation is 2. The second kappa shape index (κ2) is 5.89. The van der Waals surface area contributed by atoms with Crippen molar-refractivity contribution in [1.29, 1.82) is 0 Å². The van der Waals surface area contributed by atoms with Gasteiger partial charge in [-0.25, -0.2) is 9.66 Å². The van der Waals surface area contributed by atoms with Gasteiger partial charge in [0.05, 0.1) is 21.7 Å². The number of hydrogen-bond donors (Lipinski definition) is 1. The quantitative estimate of drug-likeness (QED) is 0.735. The van der Waals surface area contributed by atoms with Gasteiger partial charge in [-0.1, -0.05) is 0 Å². The van der Waals surface area contributed by atoms with E-state index in [1.54, 1.807) is 23.9 Å². The number of nitrogens with one attached hydrogen (secondary N) is 1. The zero-order valence-electron chi connectivity index (χ0n) is 12.8. The Balaban J connectivity index is 1.90. The summed E-state index contributed by atoms with van der Waals surface area (Å²) in [6, 6.07) is 1.78. The molecule has 0 aliphatic carbocycles. The molecule has 0 radical (unpaired) electrons. The van der Waals surface area contributed by atoms with Crippen molar-refractivity contribution < 1.29 is 4.79 Å². The Labute approximate surface area is 144 Å². The van der Waals surface area contributed by atoms with Gasteiger partial charge in [0.15, 0.2) is 0 Å². The maximum Gasteiger partial charge on any atom is 0.281 e. The van der Waals surface area contributed by atoms with Crippen LogP contribution in [0.15, 0.2) is 21.5 Å². The van der Waals surface area contributed by atoms with Crippen LogP contribution in [-0.2, 0) is 11.3 Å². The molecular formula is C14H14BrN5O2S. The first kappa shape index (κ1) is 15.9. The van der Waals surface area contributed by atoms with E-state index < -0.39 is 0 Å². The van der Waals surface area contributed by atoms with Gasteiger partial charge in [0.2, 0.25) is 0 Å². The van der Waals surface area contributed by atoms with E-state index in [9.17, 15) is 9.59 Å². The van der Waals surface area contributed by atoms with Crippen LogP contribution in [-0.4, -0.2) is 25.3 Å². The maximum absolute atomic E-state index is 12.5. The first-order valence-electron chi connectivity index (χ1n) is 6.84. The number of hydrogen-bond acceptors (Lipinski definition) is 5. The second-order valence-corrected chi connectivity index (χ2v) is 7.24. The summed E-state index contributed by atoms with van der Waals surface area (Å²) in [5, 5.41) is 4.61. The molecule has 0 spiro atoms. The smallest absolute Gasteiger partial charge is 0.271 e. The number of thiophene rings is 1. The van der Waals surface area contributed by atoms with Gasteiger partial charge in [-0.2, -0.15) is 5.10 Å². The highest BCUT2D eigenvalue weighted by Gasteiger charge is 2.14. The summed E-state index contributed by atoms with van der Waals surface area (Å²) in [7, 11) is 0. The second-order valence-electron chi connectivity index (χ2n) is 5.15. The number of halogens is 1. The lowest BCUT2D eigenvalue weighted by Gasteiger charge is -2.11. The highest BCUT2D eigenvalue weighted by Crippen LogP contribution is 2.20. The van der Waals surface area contributed by atoms with Crippen LogP contribution in [0.5, 0.6) is 0 Å². The Hall–Kier alpha value is -2.00. The van der Waals surface area contributed by atoms with Crippen molar-refractivity contribution in [3.63, 3.8) is 0 Å². The van der Waals surface area contributed by atoms with Gasteiger partial charge in [-0.3, -0.25) is 19.7 Å². The van der Waals surface area contributed by atoms with Crippen molar-refractivity contribution >= 4 is 43.4 Å².